The van der Waals surface area contributed by atoms with Crippen LogP contribution in [0.1, 0.15) is 22.7 Å². The quantitative estimate of drug-likeness (QED) is 0.453. The lowest BCUT2D eigenvalue weighted by molar-refractivity contribution is -0.134. The lowest BCUT2D eigenvalue weighted by atomic mass is 9.91. The molecule has 7 nitrogen and oxygen atoms in total. The number of nitrogens with zero attached hydrogens (tertiary/aromatic N) is 1. The molecule has 0 bridgehead atoms. The van der Waals surface area contributed by atoms with Gasteiger partial charge in [0.15, 0.2) is 23.0 Å². The molecule has 3 aromatic rings. The SMILES string of the molecule is COc1ccc(CC(=O)N2CCc3cc(OC)c(OC)cc3[C@H]2COc2ccccc2OC)cc1. The Morgan fingerprint density at radius 1 is 0.829 bits per heavy atom. The van der Waals surface area contributed by atoms with Crippen LogP contribution in [0.25, 0.3) is 0 Å². The van der Waals surface area contributed by atoms with Crippen LogP contribution in [0.3, 0.4) is 0 Å². The molecule has 1 amide bonds. The average Bonchev–Trinajstić information content (AvgIpc) is 2.91. The molecule has 1 heterocycles. The third-order valence-corrected chi connectivity index (χ3v) is 6.30. The monoisotopic (exact) mass is 477 g/mol. The first kappa shape index (κ1) is 24.3. The van der Waals surface area contributed by atoms with Gasteiger partial charge in [0.05, 0.1) is 40.9 Å². The maximum absolute atomic E-state index is 13.5. The molecule has 0 aromatic heterocycles. The first-order valence-electron chi connectivity index (χ1n) is 11.5. The molecule has 0 aliphatic carbocycles. The lowest BCUT2D eigenvalue weighted by Gasteiger charge is -2.38. The van der Waals surface area contributed by atoms with Crippen LogP contribution >= 0.6 is 0 Å². The lowest BCUT2D eigenvalue weighted by Crippen LogP contribution is -2.43. The Morgan fingerprint density at radius 2 is 1.49 bits per heavy atom. The molecule has 7 heteroatoms. The van der Waals surface area contributed by atoms with E-state index >= 15 is 0 Å². The van der Waals surface area contributed by atoms with Gasteiger partial charge in [-0.1, -0.05) is 24.3 Å². The fourth-order valence-electron chi connectivity index (χ4n) is 4.43. The zero-order valence-corrected chi connectivity index (χ0v) is 20.6. The Kier molecular flexibility index (Phi) is 7.65. The molecular weight excluding hydrogens is 446 g/mol. The minimum atomic E-state index is -0.297. The predicted octanol–water partition coefficient (Wildman–Crippen LogP) is 4.47. The van der Waals surface area contributed by atoms with Gasteiger partial charge in [0, 0.05) is 6.54 Å². The molecule has 0 saturated heterocycles. The van der Waals surface area contributed by atoms with Gasteiger partial charge in [0.25, 0.3) is 0 Å². The van der Waals surface area contributed by atoms with Crippen molar-refractivity contribution in [3.05, 3.63) is 77.4 Å². The first-order valence-corrected chi connectivity index (χ1v) is 11.5. The van der Waals surface area contributed by atoms with Gasteiger partial charge in [-0.2, -0.15) is 0 Å². The van der Waals surface area contributed by atoms with Crippen LogP contribution in [-0.2, 0) is 17.6 Å². The van der Waals surface area contributed by atoms with Gasteiger partial charge in [-0.05, 0) is 59.5 Å². The van der Waals surface area contributed by atoms with Crippen molar-refractivity contribution in [3.63, 3.8) is 0 Å². The van der Waals surface area contributed by atoms with Gasteiger partial charge < -0.3 is 28.6 Å². The van der Waals surface area contributed by atoms with E-state index in [2.05, 4.69) is 0 Å². The van der Waals surface area contributed by atoms with E-state index in [0.29, 0.717) is 29.5 Å². The number of methoxy groups -OCH3 is 4. The highest BCUT2D eigenvalue weighted by Crippen LogP contribution is 2.39. The second-order valence-corrected chi connectivity index (χ2v) is 8.25. The Morgan fingerprint density at radius 3 is 2.14 bits per heavy atom. The highest BCUT2D eigenvalue weighted by atomic mass is 16.5. The average molecular weight is 478 g/mol. The molecule has 1 aliphatic rings. The highest BCUT2D eigenvalue weighted by Gasteiger charge is 2.33. The van der Waals surface area contributed by atoms with Gasteiger partial charge >= 0.3 is 0 Å². The summed E-state index contributed by atoms with van der Waals surface area (Å²) in [5, 5.41) is 0. The number of amides is 1. The molecule has 0 spiro atoms. The van der Waals surface area contributed by atoms with Gasteiger partial charge in [-0.15, -0.1) is 0 Å². The summed E-state index contributed by atoms with van der Waals surface area (Å²) in [6, 6.07) is 18.7. The number of carbonyl (C=O) groups is 1. The van der Waals surface area contributed by atoms with Crippen LogP contribution in [0.2, 0.25) is 0 Å². The van der Waals surface area contributed by atoms with E-state index in [9.17, 15) is 4.79 Å². The number of ether oxygens (including phenoxy) is 5. The first-order chi connectivity index (χ1) is 17.1. The molecule has 184 valence electrons. The number of carbonyl (C=O) groups excluding carboxylic acids is 1. The Labute approximate surface area is 206 Å². The van der Waals surface area contributed by atoms with E-state index < -0.39 is 0 Å². The van der Waals surface area contributed by atoms with Crippen LogP contribution in [0.5, 0.6) is 28.7 Å². The van der Waals surface area contributed by atoms with Crippen molar-refractivity contribution >= 4 is 5.91 Å². The van der Waals surface area contributed by atoms with Crippen molar-refractivity contribution in [2.45, 2.75) is 18.9 Å². The van der Waals surface area contributed by atoms with Crippen molar-refractivity contribution < 1.29 is 28.5 Å². The fraction of sp³-hybridized carbons (Fsp3) is 0.321. The van der Waals surface area contributed by atoms with E-state index in [4.69, 9.17) is 23.7 Å². The van der Waals surface area contributed by atoms with E-state index in [0.717, 1.165) is 28.9 Å². The summed E-state index contributed by atoms with van der Waals surface area (Å²) in [7, 11) is 6.47. The zero-order chi connectivity index (χ0) is 24.8. The van der Waals surface area contributed by atoms with Gasteiger partial charge in [0.1, 0.15) is 12.4 Å². The predicted molar refractivity (Wildman–Crippen MR) is 133 cm³/mol. The van der Waals surface area contributed by atoms with E-state index in [1.807, 2.05) is 65.6 Å². The third-order valence-electron chi connectivity index (χ3n) is 6.30. The fourth-order valence-corrected chi connectivity index (χ4v) is 4.43. The van der Waals surface area contributed by atoms with Crippen LogP contribution in [-0.4, -0.2) is 52.4 Å². The topological polar surface area (TPSA) is 66.5 Å². The summed E-state index contributed by atoms with van der Waals surface area (Å²) in [6.07, 6.45) is 1.01. The summed E-state index contributed by atoms with van der Waals surface area (Å²) in [5.41, 5.74) is 3.04. The van der Waals surface area contributed by atoms with Crippen LogP contribution in [0.15, 0.2) is 60.7 Å². The third kappa shape index (κ3) is 5.29. The van der Waals surface area contributed by atoms with Crippen molar-refractivity contribution in [3.8, 4) is 28.7 Å². The Bertz CT molecular complexity index is 1160. The summed E-state index contributed by atoms with van der Waals surface area (Å²) in [5.74, 6) is 3.37. The van der Waals surface area contributed by atoms with Crippen molar-refractivity contribution in [1.82, 2.24) is 4.90 Å². The van der Waals surface area contributed by atoms with Crippen molar-refractivity contribution in [1.29, 1.82) is 0 Å². The smallest absolute Gasteiger partial charge is 0.227 e. The molecule has 0 N–H and O–H groups in total. The molecule has 35 heavy (non-hydrogen) atoms. The second kappa shape index (κ2) is 11.0. The van der Waals surface area contributed by atoms with Crippen LogP contribution < -0.4 is 23.7 Å². The number of benzene rings is 3. The number of para-hydroxylation sites is 2. The second-order valence-electron chi connectivity index (χ2n) is 8.25. The van der Waals surface area contributed by atoms with Gasteiger partial charge in [-0.3, -0.25) is 4.79 Å². The Balaban J connectivity index is 1.64. The number of fused-ring (bicyclic) bond motifs is 1. The van der Waals surface area contributed by atoms with Crippen LogP contribution in [0.4, 0.5) is 0 Å². The van der Waals surface area contributed by atoms with Gasteiger partial charge in [0.2, 0.25) is 5.91 Å². The highest BCUT2D eigenvalue weighted by molar-refractivity contribution is 5.80. The number of rotatable bonds is 9. The zero-order valence-electron chi connectivity index (χ0n) is 20.6. The van der Waals surface area contributed by atoms with Crippen molar-refractivity contribution in [2.75, 3.05) is 41.6 Å². The molecule has 0 radical (unpaired) electrons. The van der Waals surface area contributed by atoms with Gasteiger partial charge in [-0.25, -0.2) is 0 Å². The maximum Gasteiger partial charge on any atom is 0.227 e. The Hall–Kier alpha value is -3.87. The van der Waals surface area contributed by atoms with Crippen LogP contribution in [0, 0.1) is 0 Å². The standard InChI is InChI=1S/C28H31NO6/c1-31-21-11-9-19(10-12-21)15-28(30)29-14-13-20-16-26(33-3)27(34-4)17-22(20)23(29)18-35-25-8-6-5-7-24(25)32-2/h5-12,16-17,23H,13-15,18H2,1-4H3/t23-/m1/s1. The molecule has 3 aromatic carbocycles. The van der Waals surface area contributed by atoms with E-state index in [-0.39, 0.29) is 25.0 Å². The summed E-state index contributed by atoms with van der Waals surface area (Å²) < 4.78 is 28.0. The van der Waals surface area contributed by atoms with E-state index in [1.54, 1.807) is 28.4 Å². The summed E-state index contributed by atoms with van der Waals surface area (Å²) >= 11 is 0. The maximum atomic E-state index is 13.5. The summed E-state index contributed by atoms with van der Waals surface area (Å²) in [6.45, 7) is 0.856. The molecule has 1 aliphatic heterocycles. The molecule has 0 fully saturated rings. The molecule has 0 saturated carbocycles. The largest absolute Gasteiger partial charge is 0.497 e. The molecule has 4 rings (SSSR count). The minimum absolute atomic E-state index is 0.0317. The van der Waals surface area contributed by atoms with E-state index in [1.165, 1.54) is 0 Å². The summed E-state index contributed by atoms with van der Waals surface area (Å²) in [4.78, 5) is 15.4. The molecule has 1 atom stereocenters. The van der Waals surface area contributed by atoms with Crippen molar-refractivity contribution in [2.24, 2.45) is 0 Å². The molecular formula is C28H31NO6. The normalized spacial score (nSPS) is 14.6. The molecule has 0 unspecified atom stereocenters. The number of hydrogen-bond donors (Lipinski definition) is 0. The number of hydrogen-bond acceptors (Lipinski definition) is 6. The minimum Gasteiger partial charge on any atom is -0.497 e.